The van der Waals surface area contributed by atoms with Crippen LogP contribution in [0.1, 0.15) is 65.5 Å². The van der Waals surface area contributed by atoms with Crippen LogP contribution in [-0.4, -0.2) is 47.4 Å². The van der Waals surface area contributed by atoms with E-state index in [0.717, 1.165) is 0 Å². The maximum atomic E-state index is 12.7. The van der Waals surface area contributed by atoms with Crippen LogP contribution >= 0.6 is 0 Å². The van der Waals surface area contributed by atoms with Crippen LogP contribution in [0.4, 0.5) is 9.59 Å². The van der Waals surface area contributed by atoms with E-state index in [9.17, 15) is 19.2 Å². The van der Waals surface area contributed by atoms with Crippen LogP contribution in [0.15, 0.2) is 24.3 Å². The summed E-state index contributed by atoms with van der Waals surface area (Å²) < 4.78 is 21.2. The fourth-order valence-corrected chi connectivity index (χ4v) is 2.95. The number of benzene rings is 1. The summed E-state index contributed by atoms with van der Waals surface area (Å²) in [6, 6.07) is 4.75. The van der Waals surface area contributed by atoms with Gasteiger partial charge >= 0.3 is 24.1 Å². The molecule has 2 amide bonds. The summed E-state index contributed by atoms with van der Waals surface area (Å²) in [7, 11) is 0. The lowest BCUT2D eigenvalue weighted by Gasteiger charge is -2.22. The number of ether oxygens (including phenoxy) is 4. The number of nitrogens with one attached hydrogen (secondary N) is 2. The monoisotopic (exact) mass is 502 g/mol. The summed E-state index contributed by atoms with van der Waals surface area (Å²) in [5.74, 6) is 4.14. The molecule has 0 unspecified atom stereocenters. The topological polar surface area (TPSA) is 129 Å². The Kier molecular flexibility index (Phi) is 9.73. The number of cyclic esters (lactones) is 2. The predicted molar refractivity (Wildman–Crippen MR) is 129 cm³/mol. The summed E-state index contributed by atoms with van der Waals surface area (Å²) in [6.07, 6.45) is -1.79. The lowest BCUT2D eigenvalue weighted by molar-refractivity contribution is -0.148. The Morgan fingerprint density at radius 2 is 1.19 bits per heavy atom. The molecule has 1 heterocycles. The highest BCUT2D eigenvalue weighted by Gasteiger charge is 2.27. The van der Waals surface area contributed by atoms with E-state index in [1.807, 2.05) is 0 Å². The second kappa shape index (κ2) is 12.3. The molecular formula is C26H34N2O8. The van der Waals surface area contributed by atoms with Gasteiger partial charge in [0.25, 0.3) is 0 Å². The van der Waals surface area contributed by atoms with E-state index in [1.54, 1.807) is 65.8 Å². The minimum Gasteiger partial charge on any atom is -0.459 e. The van der Waals surface area contributed by atoms with Gasteiger partial charge in [0.15, 0.2) is 0 Å². The molecule has 1 aliphatic rings. The average Bonchev–Trinajstić information content (AvgIpc) is 2.74. The molecule has 0 aromatic heterocycles. The zero-order valence-corrected chi connectivity index (χ0v) is 21.6. The van der Waals surface area contributed by atoms with Gasteiger partial charge in [0.05, 0.1) is 0 Å². The third-order valence-corrected chi connectivity index (χ3v) is 4.44. The molecule has 10 heteroatoms. The molecule has 0 aliphatic carbocycles. The molecule has 0 spiro atoms. The third kappa shape index (κ3) is 10.7. The SMILES string of the molecule is CC(C)(C)OC(=O)N[C@@H]1CC#CC[C@@H](NC(=O)OC(C)(C)C)C(=O)OCc2cccc(c2)COC1=O. The molecule has 0 fully saturated rings. The van der Waals surface area contributed by atoms with Crippen molar-refractivity contribution in [3.05, 3.63) is 35.4 Å². The van der Waals surface area contributed by atoms with Crippen LogP contribution in [0.3, 0.4) is 0 Å². The second-order valence-corrected chi connectivity index (χ2v) is 10.2. The summed E-state index contributed by atoms with van der Waals surface area (Å²) in [5, 5.41) is 4.97. The van der Waals surface area contributed by atoms with Crippen molar-refractivity contribution in [2.24, 2.45) is 0 Å². The van der Waals surface area contributed by atoms with Crippen molar-refractivity contribution in [2.75, 3.05) is 0 Å². The highest BCUT2D eigenvalue weighted by atomic mass is 16.6. The molecule has 1 aromatic carbocycles. The van der Waals surface area contributed by atoms with Gasteiger partial charge < -0.3 is 29.6 Å². The van der Waals surface area contributed by atoms with Gasteiger partial charge in [-0.2, -0.15) is 0 Å². The zero-order valence-electron chi connectivity index (χ0n) is 21.6. The van der Waals surface area contributed by atoms with Gasteiger partial charge in [-0.3, -0.25) is 0 Å². The largest absolute Gasteiger partial charge is 0.459 e. The first-order chi connectivity index (χ1) is 16.7. The standard InChI is InChI=1S/C26H34N2O8/c1-25(2,3)35-23(31)27-19-12-7-8-13-20(28-24(32)36-26(4,5)6)22(30)34-16-18-11-9-10-17(14-18)15-33-21(19)29/h9-11,14,19-20H,12-13,15-16H2,1-6H3,(H,27,31)(H,28,32)/t19-,20-/m1/s1. The van der Waals surface area contributed by atoms with Crippen LogP contribution in [0.2, 0.25) is 0 Å². The number of esters is 2. The van der Waals surface area contributed by atoms with Crippen molar-refractivity contribution in [3.8, 4) is 11.8 Å². The summed E-state index contributed by atoms with van der Waals surface area (Å²) in [4.78, 5) is 50.0. The van der Waals surface area contributed by atoms with E-state index in [-0.39, 0.29) is 26.1 Å². The van der Waals surface area contributed by atoms with Gasteiger partial charge in [-0.25, -0.2) is 19.2 Å². The molecule has 0 radical (unpaired) electrons. The lowest BCUT2D eigenvalue weighted by atomic mass is 10.1. The smallest absolute Gasteiger partial charge is 0.408 e. The van der Waals surface area contributed by atoms with Crippen molar-refractivity contribution >= 4 is 24.1 Å². The van der Waals surface area contributed by atoms with Crippen molar-refractivity contribution in [3.63, 3.8) is 0 Å². The minimum atomic E-state index is -1.11. The van der Waals surface area contributed by atoms with E-state index in [1.165, 1.54) is 0 Å². The predicted octanol–water partition coefficient (Wildman–Crippen LogP) is 3.36. The molecule has 2 N–H and O–H groups in total. The molecule has 10 nitrogen and oxygen atoms in total. The summed E-state index contributed by atoms with van der Waals surface area (Å²) in [6.45, 7) is 10.1. The number of fused-ring (bicyclic) bond motifs is 2. The van der Waals surface area contributed by atoms with Crippen LogP contribution in [0.5, 0.6) is 0 Å². The number of amides is 2. The lowest BCUT2D eigenvalue weighted by Crippen LogP contribution is -2.44. The highest BCUT2D eigenvalue weighted by molar-refractivity contribution is 5.82. The Balaban J connectivity index is 2.26. The number of alkyl carbamates (subject to hydrolysis) is 2. The third-order valence-electron chi connectivity index (χ3n) is 4.44. The average molecular weight is 503 g/mol. The number of hydrogen-bond acceptors (Lipinski definition) is 8. The summed E-state index contributed by atoms with van der Waals surface area (Å²) in [5.41, 5.74) is -0.198. The van der Waals surface area contributed by atoms with Gasteiger partial charge in [0.1, 0.15) is 36.5 Å². The Morgan fingerprint density at radius 1 is 0.806 bits per heavy atom. The quantitative estimate of drug-likeness (QED) is 0.358. The van der Waals surface area contributed by atoms with Crippen LogP contribution in [0, 0.1) is 11.8 Å². The van der Waals surface area contributed by atoms with Gasteiger partial charge in [-0.05, 0) is 58.7 Å². The fraction of sp³-hybridized carbons (Fsp3) is 0.538. The van der Waals surface area contributed by atoms with E-state index in [4.69, 9.17) is 18.9 Å². The molecule has 36 heavy (non-hydrogen) atoms. The normalized spacial score (nSPS) is 19.2. The van der Waals surface area contributed by atoms with Crippen molar-refractivity contribution in [1.29, 1.82) is 0 Å². The van der Waals surface area contributed by atoms with Gasteiger partial charge in [-0.15, -0.1) is 11.8 Å². The van der Waals surface area contributed by atoms with E-state index in [0.29, 0.717) is 11.1 Å². The van der Waals surface area contributed by atoms with E-state index < -0.39 is 47.4 Å². The maximum Gasteiger partial charge on any atom is 0.408 e. The molecule has 2 bridgehead atoms. The molecule has 2 rings (SSSR count). The molecule has 1 aromatic rings. The first kappa shape index (κ1) is 28.5. The van der Waals surface area contributed by atoms with E-state index in [2.05, 4.69) is 22.5 Å². The van der Waals surface area contributed by atoms with Crippen molar-refractivity contribution < 1.29 is 38.1 Å². The first-order valence-electron chi connectivity index (χ1n) is 11.6. The molecule has 0 saturated heterocycles. The molecular weight excluding hydrogens is 468 g/mol. The maximum absolute atomic E-state index is 12.7. The summed E-state index contributed by atoms with van der Waals surface area (Å²) >= 11 is 0. The Labute approximate surface area is 211 Å². The molecule has 2 atom stereocenters. The second-order valence-electron chi connectivity index (χ2n) is 10.2. The van der Waals surface area contributed by atoms with Crippen LogP contribution < -0.4 is 10.6 Å². The van der Waals surface area contributed by atoms with Crippen molar-refractivity contribution in [2.45, 2.75) is 90.9 Å². The Morgan fingerprint density at radius 3 is 1.56 bits per heavy atom. The molecule has 1 aliphatic heterocycles. The number of rotatable bonds is 2. The van der Waals surface area contributed by atoms with Gasteiger partial charge in [0, 0.05) is 12.8 Å². The van der Waals surface area contributed by atoms with E-state index >= 15 is 0 Å². The number of carbonyl (C=O) groups excluding carboxylic acids is 4. The number of hydrogen-bond donors (Lipinski definition) is 2. The fourth-order valence-electron chi connectivity index (χ4n) is 2.95. The van der Waals surface area contributed by atoms with Crippen molar-refractivity contribution in [1.82, 2.24) is 10.6 Å². The van der Waals surface area contributed by atoms with Gasteiger partial charge in [0.2, 0.25) is 0 Å². The molecule has 196 valence electrons. The first-order valence-corrected chi connectivity index (χ1v) is 11.6. The Hall–Kier alpha value is -3.74. The zero-order chi connectivity index (χ0) is 26.9. The minimum absolute atomic E-state index is 0.0522. The van der Waals surface area contributed by atoms with Crippen LogP contribution in [-0.2, 0) is 41.8 Å². The highest BCUT2D eigenvalue weighted by Crippen LogP contribution is 2.12. The van der Waals surface area contributed by atoms with Gasteiger partial charge in [-0.1, -0.05) is 18.2 Å². The van der Waals surface area contributed by atoms with Crippen LogP contribution in [0.25, 0.3) is 0 Å². The number of carbonyl (C=O) groups is 4. The Bertz CT molecular complexity index is 952. The molecule has 0 saturated carbocycles.